The largest absolute Gasteiger partial charge is 2.00 e. The third-order valence-electron chi connectivity index (χ3n) is 4.66. The van der Waals surface area contributed by atoms with Crippen LogP contribution in [0.15, 0.2) is 97.1 Å². The number of rotatable bonds is 4. The molecule has 4 aromatic rings. The van der Waals surface area contributed by atoms with Crippen molar-refractivity contribution >= 4 is 11.9 Å². The third-order valence-corrected chi connectivity index (χ3v) is 4.66. The van der Waals surface area contributed by atoms with Crippen molar-refractivity contribution in [2.75, 3.05) is 0 Å². The quantitative estimate of drug-likeness (QED) is 0.346. The molecule has 0 amide bonds. The van der Waals surface area contributed by atoms with Crippen LogP contribution >= 0.6 is 0 Å². The van der Waals surface area contributed by atoms with Crippen molar-refractivity contribution in [3.63, 3.8) is 0 Å². The van der Waals surface area contributed by atoms with Gasteiger partial charge in [0.1, 0.15) is 0 Å². The fourth-order valence-corrected chi connectivity index (χ4v) is 3.10. The summed E-state index contributed by atoms with van der Waals surface area (Å²) in [7, 11) is 0. The molecule has 1 radical (unpaired) electrons. The van der Waals surface area contributed by atoms with E-state index in [0.29, 0.717) is 11.1 Å². The molecule has 4 aromatic carbocycles. The van der Waals surface area contributed by atoms with Gasteiger partial charge < -0.3 is 26.6 Å². The Morgan fingerprint density at radius 3 is 1.15 bits per heavy atom. The zero-order valence-electron chi connectivity index (χ0n) is 17.8. The van der Waals surface area contributed by atoms with E-state index in [0.717, 1.165) is 11.1 Å². The Morgan fingerprint density at radius 2 is 0.853 bits per heavy atom. The fraction of sp³-hybridized carbons (Fsp3) is 0. The molecule has 0 unspecified atom stereocenters. The topological polar surface area (TPSA) is 156 Å². The smallest absolute Gasteiger partial charge is 0.871 e. The second-order valence-corrected chi connectivity index (χ2v) is 6.71. The molecule has 0 atom stereocenters. The molecule has 5 N–H and O–H groups in total. The Hall–Kier alpha value is -4.10. The molecule has 7 nitrogen and oxygen atoms in total. The first-order valence-electron chi connectivity index (χ1n) is 9.57. The van der Waals surface area contributed by atoms with Crippen LogP contribution in [0.4, 0.5) is 0 Å². The molecular weight excluding hydrogens is 486 g/mol. The maximum Gasteiger partial charge on any atom is 2.00 e. The van der Waals surface area contributed by atoms with E-state index in [4.69, 9.17) is 10.2 Å². The van der Waals surface area contributed by atoms with Gasteiger partial charge in [-0.2, -0.15) is 0 Å². The summed E-state index contributed by atoms with van der Waals surface area (Å²) in [5, 5.41) is 41.3. The van der Waals surface area contributed by atoms with Gasteiger partial charge in [-0.15, -0.1) is 0 Å². The zero-order valence-corrected chi connectivity index (χ0v) is 18.7. The Bertz CT molecular complexity index is 1150. The summed E-state index contributed by atoms with van der Waals surface area (Å²) in [6, 6.07) is 27.1. The summed E-state index contributed by atoms with van der Waals surface area (Å²) in [4.78, 5) is 21.6. The van der Waals surface area contributed by atoms with E-state index in [9.17, 15) is 19.8 Å². The second-order valence-electron chi connectivity index (χ2n) is 6.71. The number of benzene rings is 4. The average molecular weight is 507 g/mol. The molecule has 34 heavy (non-hydrogen) atoms. The Labute approximate surface area is 207 Å². The van der Waals surface area contributed by atoms with Crippen LogP contribution in [-0.2, 0) is 17.1 Å². The van der Waals surface area contributed by atoms with Gasteiger partial charge in [0.2, 0.25) is 0 Å². The first-order valence-corrected chi connectivity index (χ1v) is 9.57. The second kappa shape index (κ2) is 12.8. The number of aromatic carboxylic acids is 2. The van der Waals surface area contributed by atoms with Crippen LogP contribution in [-0.4, -0.2) is 22.2 Å². The van der Waals surface area contributed by atoms with Crippen molar-refractivity contribution in [2.45, 2.75) is 0 Å². The summed E-state index contributed by atoms with van der Waals surface area (Å²) in [5.41, 5.74) is 1.91. The fourth-order valence-electron chi connectivity index (χ4n) is 3.10. The number of carboxylic acids is 2. The minimum atomic E-state index is -1.19. The maximum atomic E-state index is 11.8. The Kier molecular flexibility index (Phi) is 10.5. The van der Waals surface area contributed by atoms with Gasteiger partial charge in [0, 0.05) is 0 Å². The predicted octanol–water partition coefficient (Wildman–Crippen LogP) is 4.41. The standard InChI is InChI=1S/2C13H10O3.Cu.H3N/c2*14-12-10(9-5-2-1-3-6-9)7-4-8-11(12)13(15)16;;/h2*1-8,14H,(H,15,16);;1H3/q;;+2;/p-2. The van der Waals surface area contributed by atoms with Crippen molar-refractivity contribution in [3.8, 4) is 33.8 Å². The average Bonchev–Trinajstić information content (AvgIpc) is 2.80. The number of carboxylic acid groups (broad SMARTS) is 2. The molecule has 0 aliphatic rings. The molecule has 0 saturated carbocycles. The molecule has 177 valence electrons. The van der Waals surface area contributed by atoms with Gasteiger partial charge in [0.15, 0.2) is 0 Å². The minimum Gasteiger partial charge on any atom is -0.871 e. The van der Waals surface area contributed by atoms with E-state index >= 15 is 0 Å². The molecule has 0 heterocycles. The van der Waals surface area contributed by atoms with Gasteiger partial charge in [-0.3, -0.25) is 0 Å². The van der Waals surface area contributed by atoms with Crippen molar-refractivity contribution in [1.29, 1.82) is 0 Å². The van der Waals surface area contributed by atoms with Crippen molar-refractivity contribution < 1.29 is 47.1 Å². The van der Waals surface area contributed by atoms with Crippen molar-refractivity contribution in [3.05, 3.63) is 108 Å². The van der Waals surface area contributed by atoms with Crippen molar-refractivity contribution in [2.24, 2.45) is 0 Å². The summed E-state index contributed by atoms with van der Waals surface area (Å²) in [6.45, 7) is 0. The van der Waals surface area contributed by atoms with Gasteiger partial charge in [-0.05, 0) is 34.4 Å². The molecule has 0 fully saturated rings. The first-order chi connectivity index (χ1) is 15.4. The first kappa shape index (κ1) is 27.9. The van der Waals surface area contributed by atoms with E-state index in [1.807, 2.05) is 36.4 Å². The van der Waals surface area contributed by atoms with E-state index in [-0.39, 0.29) is 34.3 Å². The van der Waals surface area contributed by atoms with Crippen LogP contribution in [0.25, 0.3) is 22.3 Å². The van der Waals surface area contributed by atoms with Crippen molar-refractivity contribution in [1.82, 2.24) is 6.15 Å². The molecule has 8 heteroatoms. The Morgan fingerprint density at radius 1 is 0.529 bits per heavy atom. The summed E-state index contributed by atoms with van der Waals surface area (Å²) in [5.74, 6) is -3.27. The maximum absolute atomic E-state index is 11.8. The van der Waals surface area contributed by atoms with E-state index in [1.54, 1.807) is 48.5 Å². The number of hydrogen-bond acceptors (Lipinski definition) is 5. The summed E-state index contributed by atoms with van der Waals surface area (Å²) in [6.07, 6.45) is 0. The van der Waals surface area contributed by atoms with Crippen LogP contribution in [0.5, 0.6) is 11.5 Å². The zero-order chi connectivity index (χ0) is 23.1. The van der Waals surface area contributed by atoms with Crippen LogP contribution in [0.3, 0.4) is 0 Å². The van der Waals surface area contributed by atoms with Gasteiger partial charge >= 0.3 is 29.0 Å². The monoisotopic (exact) mass is 506 g/mol. The summed E-state index contributed by atoms with van der Waals surface area (Å²) >= 11 is 0. The molecule has 0 spiro atoms. The number of hydrogen-bond donors (Lipinski definition) is 3. The van der Waals surface area contributed by atoms with Crippen LogP contribution in [0.1, 0.15) is 20.7 Å². The normalized spacial score (nSPS) is 9.41. The van der Waals surface area contributed by atoms with E-state index in [2.05, 4.69) is 0 Å². The van der Waals surface area contributed by atoms with Gasteiger partial charge in [-0.1, -0.05) is 96.4 Å². The predicted molar refractivity (Wildman–Crippen MR) is 122 cm³/mol. The van der Waals surface area contributed by atoms with E-state index < -0.39 is 23.4 Å². The van der Waals surface area contributed by atoms with Crippen LogP contribution in [0.2, 0.25) is 0 Å². The third kappa shape index (κ3) is 6.46. The number of carbonyl (C=O) groups is 2. The van der Waals surface area contributed by atoms with Gasteiger partial charge in [0.05, 0.1) is 11.1 Å². The van der Waals surface area contributed by atoms with Crippen LogP contribution < -0.4 is 16.4 Å². The molecule has 0 aliphatic heterocycles. The van der Waals surface area contributed by atoms with E-state index in [1.165, 1.54) is 12.1 Å². The molecule has 4 rings (SSSR count). The van der Waals surface area contributed by atoms with Crippen LogP contribution in [0, 0.1) is 0 Å². The molecule has 0 saturated heterocycles. The summed E-state index contributed by atoms with van der Waals surface area (Å²) < 4.78 is 0. The molecule has 0 aromatic heterocycles. The molecule has 0 aliphatic carbocycles. The SMILES string of the molecule is N.O=C(O)c1cccc(-c2ccccc2)c1[O-].O=C(O)c1cccc(-c2ccccc2)c1[O-].[Cu+2]. The Balaban J connectivity index is 0.000000321. The number of para-hydroxylation sites is 2. The molecular formula is C26H21CuNO6. The van der Waals surface area contributed by atoms with Gasteiger partial charge in [0.25, 0.3) is 0 Å². The molecule has 0 bridgehead atoms. The van der Waals surface area contributed by atoms with Gasteiger partial charge in [-0.25, -0.2) is 9.59 Å². The minimum absolute atomic E-state index is 0.